The van der Waals surface area contributed by atoms with Crippen LogP contribution in [0.4, 0.5) is 0 Å². The molecule has 2 bridgehead atoms. The number of fused-ring (bicyclic) bond motifs is 2. The Bertz CT molecular complexity index is 487. The van der Waals surface area contributed by atoms with Crippen molar-refractivity contribution >= 4 is 5.97 Å². The number of carbonyl (C=O) groups is 1. The third kappa shape index (κ3) is 4.94. The quantitative estimate of drug-likeness (QED) is 0.682. The number of hydrogen-bond acceptors (Lipinski definition) is 2. The molecule has 1 aliphatic heterocycles. The lowest BCUT2D eigenvalue weighted by atomic mass is 9.82. The summed E-state index contributed by atoms with van der Waals surface area (Å²) in [5.41, 5.74) is 2.59. The normalized spacial score (nSPS) is 37.1. The number of aliphatic carboxylic acids is 1. The second-order valence-electron chi connectivity index (χ2n) is 7.89. The first kappa shape index (κ1) is 18.3. The van der Waals surface area contributed by atoms with Gasteiger partial charge in [-0.15, -0.1) is 0 Å². The van der Waals surface area contributed by atoms with Crippen LogP contribution in [0.5, 0.6) is 0 Å². The monoisotopic (exact) mass is 320 g/mol. The smallest absolute Gasteiger partial charge is 0.309 e. The van der Waals surface area contributed by atoms with Gasteiger partial charge in [0.2, 0.25) is 0 Å². The van der Waals surface area contributed by atoms with E-state index in [4.69, 9.17) is 4.74 Å². The van der Waals surface area contributed by atoms with Crippen LogP contribution in [0.25, 0.3) is 0 Å². The van der Waals surface area contributed by atoms with Gasteiger partial charge in [-0.25, -0.2) is 0 Å². The van der Waals surface area contributed by atoms with Crippen molar-refractivity contribution in [2.45, 2.75) is 84.3 Å². The molecule has 0 radical (unpaired) electrons. The van der Waals surface area contributed by atoms with Crippen LogP contribution in [0.3, 0.4) is 0 Å². The van der Waals surface area contributed by atoms with Crippen LogP contribution in [0.1, 0.15) is 72.6 Å². The van der Waals surface area contributed by atoms with Crippen LogP contribution >= 0.6 is 0 Å². The fourth-order valence-corrected chi connectivity index (χ4v) is 3.94. The molecule has 1 heterocycles. The first-order chi connectivity index (χ1) is 10.8. The Morgan fingerprint density at radius 3 is 2.48 bits per heavy atom. The Morgan fingerprint density at radius 1 is 1.13 bits per heavy atom. The van der Waals surface area contributed by atoms with Crippen molar-refractivity contribution in [2.75, 3.05) is 0 Å². The van der Waals surface area contributed by atoms with Crippen molar-refractivity contribution in [3.8, 4) is 0 Å². The van der Waals surface area contributed by atoms with Gasteiger partial charge in [0.05, 0.1) is 17.6 Å². The van der Waals surface area contributed by atoms with E-state index in [0.717, 1.165) is 38.5 Å². The van der Waals surface area contributed by atoms with E-state index in [2.05, 4.69) is 39.8 Å². The number of hydrogen-bond donors (Lipinski definition) is 1. The van der Waals surface area contributed by atoms with Gasteiger partial charge in [-0.05, 0) is 78.6 Å². The molecule has 2 aliphatic rings. The Kier molecular flexibility index (Phi) is 6.07. The number of carboxylic acids is 1. The summed E-state index contributed by atoms with van der Waals surface area (Å²) in [5.74, 6) is -0.651. The summed E-state index contributed by atoms with van der Waals surface area (Å²) in [6.07, 6.45) is 11.1. The number of rotatable bonds is 1. The third-order valence-electron chi connectivity index (χ3n) is 5.61. The maximum atomic E-state index is 11.7. The van der Waals surface area contributed by atoms with Crippen LogP contribution in [-0.2, 0) is 9.53 Å². The van der Waals surface area contributed by atoms with Gasteiger partial charge in [0.15, 0.2) is 0 Å². The van der Waals surface area contributed by atoms with Crippen LogP contribution in [0, 0.1) is 11.8 Å². The molecule has 1 N–H and O–H groups in total. The Morgan fingerprint density at radius 2 is 1.78 bits per heavy atom. The highest BCUT2D eigenvalue weighted by Gasteiger charge is 2.45. The molecular formula is C20H32O3. The highest BCUT2D eigenvalue weighted by molar-refractivity contribution is 5.70. The van der Waals surface area contributed by atoms with Crippen molar-refractivity contribution in [3.05, 3.63) is 23.3 Å². The van der Waals surface area contributed by atoms with Gasteiger partial charge >= 0.3 is 5.97 Å². The summed E-state index contributed by atoms with van der Waals surface area (Å²) in [6, 6.07) is 0. The molecule has 23 heavy (non-hydrogen) atoms. The van der Waals surface area contributed by atoms with Crippen molar-refractivity contribution in [3.63, 3.8) is 0 Å². The first-order valence-electron chi connectivity index (χ1n) is 9.01. The predicted molar refractivity (Wildman–Crippen MR) is 93.4 cm³/mol. The SMILES string of the molecule is C/C1=C/CC[C@H](C(=O)O)[C@H]2C[C@@H](CC/C(C)=C\CC1)C(C)(C)O2. The van der Waals surface area contributed by atoms with Crippen LogP contribution < -0.4 is 0 Å². The van der Waals surface area contributed by atoms with Gasteiger partial charge in [0.25, 0.3) is 0 Å². The molecule has 0 spiro atoms. The molecule has 0 unspecified atom stereocenters. The topological polar surface area (TPSA) is 46.5 Å². The molecule has 0 aromatic carbocycles. The highest BCUT2D eigenvalue weighted by atomic mass is 16.5. The minimum Gasteiger partial charge on any atom is -0.481 e. The maximum Gasteiger partial charge on any atom is 0.309 e. The molecule has 0 aromatic heterocycles. The molecular weight excluding hydrogens is 288 g/mol. The van der Waals surface area contributed by atoms with Gasteiger partial charge in [0, 0.05) is 0 Å². The first-order valence-corrected chi connectivity index (χ1v) is 9.01. The zero-order valence-corrected chi connectivity index (χ0v) is 15.1. The minimum atomic E-state index is -0.708. The Balaban J connectivity index is 2.19. The van der Waals surface area contributed by atoms with E-state index in [1.54, 1.807) is 0 Å². The molecule has 0 saturated carbocycles. The second kappa shape index (κ2) is 7.65. The van der Waals surface area contributed by atoms with Gasteiger partial charge in [-0.3, -0.25) is 4.79 Å². The molecule has 3 heteroatoms. The van der Waals surface area contributed by atoms with E-state index < -0.39 is 5.97 Å². The lowest BCUT2D eigenvalue weighted by molar-refractivity contribution is -0.149. The summed E-state index contributed by atoms with van der Waals surface area (Å²) >= 11 is 0. The fraction of sp³-hybridized carbons (Fsp3) is 0.750. The Labute approximate surface area is 140 Å². The standard InChI is InChI=1S/C20H32O3/c1-14-7-5-8-15(2)11-12-16-13-18(23-20(16,3)4)17(19(21)22)10-6-9-14/h8-9,16-18H,5-7,10-13H2,1-4H3,(H,21,22)/b14-9-,15-8-/t16-,17+,18-/m1/s1. The second-order valence-corrected chi connectivity index (χ2v) is 7.89. The molecule has 1 aliphatic carbocycles. The van der Waals surface area contributed by atoms with Crippen LogP contribution in [0.2, 0.25) is 0 Å². The van der Waals surface area contributed by atoms with Crippen molar-refractivity contribution in [1.29, 1.82) is 0 Å². The zero-order chi connectivity index (χ0) is 17.0. The highest BCUT2D eigenvalue weighted by Crippen LogP contribution is 2.42. The molecule has 2 rings (SSSR count). The average molecular weight is 320 g/mol. The van der Waals surface area contributed by atoms with Gasteiger partial charge in [0.1, 0.15) is 0 Å². The average Bonchev–Trinajstić information content (AvgIpc) is 2.74. The van der Waals surface area contributed by atoms with Gasteiger partial charge in [-0.2, -0.15) is 0 Å². The van der Waals surface area contributed by atoms with Crippen LogP contribution in [-0.4, -0.2) is 22.8 Å². The van der Waals surface area contributed by atoms with Crippen molar-refractivity contribution in [2.24, 2.45) is 11.8 Å². The van der Waals surface area contributed by atoms with E-state index in [-0.39, 0.29) is 17.6 Å². The van der Waals surface area contributed by atoms with Crippen molar-refractivity contribution in [1.82, 2.24) is 0 Å². The molecule has 1 saturated heterocycles. The summed E-state index contributed by atoms with van der Waals surface area (Å²) < 4.78 is 6.20. The van der Waals surface area contributed by atoms with E-state index in [1.807, 2.05) is 0 Å². The lowest BCUT2D eigenvalue weighted by Crippen LogP contribution is -2.31. The minimum absolute atomic E-state index is 0.145. The zero-order valence-electron chi connectivity index (χ0n) is 15.1. The molecule has 1 fully saturated rings. The van der Waals surface area contributed by atoms with Gasteiger partial charge in [-0.1, -0.05) is 23.3 Å². The van der Waals surface area contributed by atoms with E-state index in [9.17, 15) is 9.90 Å². The summed E-state index contributed by atoms with van der Waals surface area (Å²) in [6.45, 7) is 8.61. The maximum absolute atomic E-state index is 11.7. The number of ether oxygens (including phenoxy) is 1. The predicted octanol–water partition coefficient (Wildman–Crippen LogP) is 5.12. The molecule has 3 atom stereocenters. The summed E-state index contributed by atoms with van der Waals surface area (Å²) in [5, 5.41) is 9.63. The third-order valence-corrected chi connectivity index (χ3v) is 5.61. The fourth-order valence-electron chi connectivity index (χ4n) is 3.94. The van der Waals surface area contributed by atoms with Crippen molar-refractivity contribution < 1.29 is 14.6 Å². The molecule has 130 valence electrons. The van der Waals surface area contributed by atoms with E-state index >= 15 is 0 Å². The molecule has 0 amide bonds. The van der Waals surface area contributed by atoms with E-state index in [0.29, 0.717) is 12.3 Å². The van der Waals surface area contributed by atoms with E-state index in [1.165, 1.54) is 11.1 Å². The van der Waals surface area contributed by atoms with Gasteiger partial charge < -0.3 is 9.84 Å². The largest absolute Gasteiger partial charge is 0.481 e. The molecule has 3 nitrogen and oxygen atoms in total. The summed E-state index contributed by atoms with van der Waals surface area (Å²) in [4.78, 5) is 11.7. The molecule has 0 aromatic rings. The number of allylic oxidation sites excluding steroid dienone is 4. The lowest BCUT2D eigenvalue weighted by Gasteiger charge is -2.27. The summed E-state index contributed by atoms with van der Waals surface area (Å²) in [7, 11) is 0. The number of carboxylic acid groups (broad SMARTS) is 1. The van der Waals surface area contributed by atoms with Crippen LogP contribution in [0.15, 0.2) is 23.3 Å². The Hall–Kier alpha value is -1.09.